The van der Waals surface area contributed by atoms with E-state index in [9.17, 15) is 0 Å². The minimum Gasteiger partial charge on any atom is -0.322 e. The number of hydrogen-bond donors (Lipinski definition) is 0. The van der Waals surface area contributed by atoms with Crippen LogP contribution in [-0.4, -0.2) is 9.55 Å². The SMILES string of the molecule is Cc1cccc(-c2ncc(Br)n2C)c1. The summed E-state index contributed by atoms with van der Waals surface area (Å²) in [5, 5.41) is 0. The van der Waals surface area contributed by atoms with Crippen LogP contribution in [0.15, 0.2) is 35.1 Å². The molecule has 0 radical (unpaired) electrons. The van der Waals surface area contributed by atoms with Crippen molar-refractivity contribution in [1.82, 2.24) is 9.55 Å². The fourth-order valence-corrected chi connectivity index (χ4v) is 1.71. The molecular formula is C11H11BrN2. The molecule has 14 heavy (non-hydrogen) atoms. The summed E-state index contributed by atoms with van der Waals surface area (Å²) in [6.45, 7) is 2.08. The molecule has 0 amide bonds. The average molecular weight is 251 g/mol. The summed E-state index contributed by atoms with van der Waals surface area (Å²) in [6, 6.07) is 8.34. The second-order valence-electron chi connectivity index (χ2n) is 3.33. The normalized spacial score (nSPS) is 10.5. The van der Waals surface area contributed by atoms with Crippen LogP contribution < -0.4 is 0 Å². The first-order valence-electron chi connectivity index (χ1n) is 4.43. The molecule has 2 nitrogen and oxygen atoms in total. The van der Waals surface area contributed by atoms with E-state index in [1.165, 1.54) is 5.56 Å². The van der Waals surface area contributed by atoms with E-state index in [2.05, 4.69) is 46.0 Å². The summed E-state index contributed by atoms with van der Waals surface area (Å²) in [5.74, 6) is 0.987. The van der Waals surface area contributed by atoms with Gasteiger partial charge in [0.05, 0.1) is 6.20 Å². The van der Waals surface area contributed by atoms with Crippen LogP contribution in [0.4, 0.5) is 0 Å². The fraction of sp³-hybridized carbons (Fsp3) is 0.182. The quantitative estimate of drug-likeness (QED) is 0.761. The molecule has 1 aromatic heterocycles. The lowest BCUT2D eigenvalue weighted by atomic mass is 10.1. The Morgan fingerprint density at radius 1 is 1.36 bits per heavy atom. The topological polar surface area (TPSA) is 17.8 Å². The number of nitrogens with zero attached hydrogens (tertiary/aromatic N) is 2. The van der Waals surface area contributed by atoms with Gasteiger partial charge in [0.25, 0.3) is 0 Å². The van der Waals surface area contributed by atoms with Crippen molar-refractivity contribution in [2.24, 2.45) is 7.05 Å². The summed E-state index contributed by atoms with van der Waals surface area (Å²) in [5.41, 5.74) is 2.40. The highest BCUT2D eigenvalue weighted by Crippen LogP contribution is 2.21. The van der Waals surface area contributed by atoms with Crippen LogP contribution in [0.25, 0.3) is 11.4 Å². The number of rotatable bonds is 1. The Hall–Kier alpha value is -1.09. The Labute approximate surface area is 91.7 Å². The Morgan fingerprint density at radius 3 is 2.71 bits per heavy atom. The molecule has 0 saturated carbocycles. The van der Waals surface area contributed by atoms with Gasteiger partial charge in [0, 0.05) is 12.6 Å². The first-order chi connectivity index (χ1) is 6.68. The van der Waals surface area contributed by atoms with Crippen LogP contribution in [0.5, 0.6) is 0 Å². The molecule has 0 aliphatic rings. The van der Waals surface area contributed by atoms with Crippen molar-refractivity contribution in [3.05, 3.63) is 40.6 Å². The Balaban J connectivity index is 2.55. The average Bonchev–Trinajstić information content (AvgIpc) is 2.48. The van der Waals surface area contributed by atoms with Gasteiger partial charge in [-0.3, -0.25) is 0 Å². The van der Waals surface area contributed by atoms with Crippen LogP contribution in [0.1, 0.15) is 5.56 Å². The zero-order valence-corrected chi connectivity index (χ0v) is 9.75. The third kappa shape index (κ3) is 1.60. The highest BCUT2D eigenvalue weighted by molar-refractivity contribution is 9.10. The Morgan fingerprint density at radius 2 is 2.14 bits per heavy atom. The van der Waals surface area contributed by atoms with Crippen LogP contribution in [-0.2, 0) is 7.05 Å². The maximum Gasteiger partial charge on any atom is 0.140 e. The van der Waals surface area contributed by atoms with Gasteiger partial charge in [0.2, 0.25) is 0 Å². The summed E-state index contributed by atoms with van der Waals surface area (Å²) >= 11 is 3.43. The second-order valence-corrected chi connectivity index (χ2v) is 4.15. The zero-order valence-electron chi connectivity index (χ0n) is 8.16. The molecule has 0 atom stereocenters. The summed E-state index contributed by atoms with van der Waals surface area (Å²) in [4.78, 5) is 4.34. The molecular weight excluding hydrogens is 240 g/mol. The lowest BCUT2D eigenvalue weighted by molar-refractivity contribution is 0.901. The van der Waals surface area contributed by atoms with Crippen molar-refractivity contribution < 1.29 is 0 Å². The van der Waals surface area contributed by atoms with Gasteiger partial charge in [-0.05, 0) is 28.9 Å². The third-order valence-corrected chi connectivity index (χ3v) is 2.94. The van der Waals surface area contributed by atoms with Crippen molar-refractivity contribution in [2.45, 2.75) is 6.92 Å². The van der Waals surface area contributed by atoms with E-state index in [0.29, 0.717) is 0 Å². The minimum atomic E-state index is 0.987. The van der Waals surface area contributed by atoms with E-state index < -0.39 is 0 Å². The van der Waals surface area contributed by atoms with Crippen LogP contribution >= 0.6 is 15.9 Å². The molecule has 1 heterocycles. The van der Waals surface area contributed by atoms with Gasteiger partial charge in [0.1, 0.15) is 10.4 Å². The Kier molecular flexibility index (Phi) is 2.42. The minimum absolute atomic E-state index is 0.987. The molecule has 0 bridgehead atoms. The van der Waals surface area contributed by atoms with Gasteiger partial charge < -0.3 is 4.57 Å². The van der Waals surface area contributed by atoms with Crippen molar-refractivity contribution >= 4 is 15.9 Å². The number of imidazole rings is 1. The molecule has 0 aliphatic carbocycles. The van der Waals surface area contributed by atoms with E-state index in [1.54, 1.807) is 0 Å². The molecule has 0 N–H and O–H groups in total. The van der Waals surface area contributed by atoms with Gasteiger partial charge in [-0.25, -0.2) is 4.98 Å². The molecule has 0 spiro atoms. The lowest BCUT2D eigenvalue weighted by Crippen LogP contribution is -1.92. The molecule has 0 saturated heterocycles. The first-order valence-corrected chi connectivity index (χ1v) is 5.22. The standard InChI is InChI=1S/C11H11BrN2/c1-8-4-3-5-9(6-8)11-13-7-10(12)14(11)2/h3-7H,1-2H3. The van der Waals surface area contributed by atoms with Crippen molar-refractivity contribution in [1.29, 1.82) is 0 Å². The van der Waals surface area contributed by atoms with Crippen LogP contribution in [0, 0.1) is 6.92 Å². The molecule has 2 rings (SSSR count). The van der Waals surface area contributed by atoms with Crippen LogP contribution in [0.2, 0.25) is 0 Å². The smallest absolute Gasteiger partial charge is 0.140 e. The molecule has 72 valence electrons. The maximum absolute atomic E-state index is 4.34. The predicted octanol–water partition coefficient (Wildman–Crippen LogP) is 3.16. The van der Waals surface area contributed by atoms with Crippen LogP contribution in [0.3, 0.4) is 0 Å². The van der Waals surface area contributed by atoms with Crippen molar-refractivity contribution in [2.75, 3.05) is 0 Å². The second kappa shape index (κ2) is 3.58. The highest BCUT2D eigenvalue weighted by Gasteiger charge is 2.05. The summed E-state index contributed by atoms with van der Waals surface area (Å²) < 4.78 is 3.02. The maximum atomic E-state index is 4.34. The van der Waals surface area contributed by atoms with Gasteiger partial charge in [-0.1, -0.05) is 23.8 Å². The van der Waals surface area contributed by atoms with E-state index in [-0.39, 0.29) is 0 Å². The van der Waals surface area contributed by atoms with Gasteiger partial charge in [-0.15, -0.1) is 0 Å². The van der Waals surface area contributed by atoms with Gasteiger partial charge in [0.15, 0.2) is 0 Å². The molecule has 3 heteroatoms. The van der Waals surface area contributed by atoms with E-state index in [4.69, 9.17) is 0 Å². The van der Waals surface area contributed by atoms with Gasteiger partial charge >= 0.3 is 0 Å². The predicted molar refractivity (Wildman–Crippen MR) is 61.1 cm³/mol. The number of benzene rings is 1. The monoisotopic (exact) mass is 250 g/mol. The zero-order chi connectivity index (χ0) is 10.1. The van der Waals surface area contributed by atoms with E-state index in [1.807, 2.05) is 23.9 Å². The third-order valence-electron chi connectivity index (χ3n) is 2.21. The van der Waals surface area contributed by atoms with E-state index in [0.717, 1.165) is 16.0 Å². The summed E-state index contributed by atoms with van der Waals surface area (Å²) in [7, 11) is 1.99. The largest absolute Gasteiger partial charge is 0.322 e. The van der Waals surface area contributed by atoms with Crippen molar-refractivity contribution in [3.8, 4) is 11.4 Å². The highest BCUT2D eigenvalue weighted by atomic mass is 79.9. The number of aromatic nitrogens is 2. The van der Waals surface area contributed by atoms with E-state index >= 15 is 0 Å². The molecule has 2 aromatic rings. The molecule has 1 aromatic carbocycles. The fourth-order valence-electron chi connectivity index (χ4n) is 1.44. The Bertz CT molecular complexity index is 460. The first kappa shape index (κ1) is 9.46. The molecule has 0 unspecified atom stereocenters. The van der Waals surface area contributed by atoms with Crippen molar-refractivity contribution in [3.63, 3.8) is 0 Å². The number of hydrogen-bond acceptors (Lipinski definition) is 1. The van der Waals surface area contributed by atoms with Gasteiger partial charge in [-0.2, -0.15) is 0 Å². The molecule has 0 fully saturated rings. The lowest BCUT2D eigenvalue weighted by Gasteiger charge is -2.03. The number of aryl methyl sites for hydroxylation is 1. The number of halogens is 1. The summed E-state index contributed by atoms with van der Waals surface area (Å²) in [6.07, 6.45) is 1.82. The molecule has 0 aliphatic heterocycles.